The van der Waals surface area contributed by atoms with Crippen LogP contribution in [-0.2, 0) is 11.3 Å². The van der Waals surface area contributed by atoms with Crippen molar-refractivity contribution in [2.45, 2.75) is 6.54 Å². The van der Waals surface area contributed by atoms with Crippen molar-refractivity contribution in [3.8, 4) is 17.2 Å². The van der Waals surface area contributed by atoms with Gasteiger partial charge in [0.15, 0.2) is 18.1 Å². The van der Waals surface area contributed by atoms with Crippen LogP contribution < -0.4 is 25.1 Å². The molecule has 7 nitrogen and oxygen atoms in total. The molecule has 1 amide bonds. The van der Waals surface area contributed by atoms with Crippen molar-refractivity contribution in [1.29, 1.82) is 0 Å². The molecule has 2 aromatic carbocycles. The highest BCUT2D eigenvalue weighted by Crippen LogP contribution is 2.25. The molecule has 0 aliphatic carbocycles. The molecule has 3 aromatic rings. The third kappa shape index (κ3) is 4.38. The summed E-state index contributed by atoms with van der Waals surface area (Å²) in [4.78, 5) is 27.0. The third-order valence-electron chi connectivity index (χ3n) is 4.03. The molecule has 0 aliphatic heterocycles. The van der Waals surface area contributed by atoms with E-state index in [2.05, 4.69) is 10.3 Å². The number of amides is 1. The Bertz CT molecular complexity index is 1010. The molecule has 1 heterocycles. The summed E-state index contributed by atoms with van der Waals surface area (Å²) >= 11 is 0. The van der Waals surface area contributed by atoms with Gasteiger partial charge in [0.1, 0.15) is 5.75 Å². The van der Waals surface area contributed by atoms with E-state index in [0.717, 1.165) is 5.39 Å². The van der Waals surface area contributed by atoms with Gasteiger partial charge in [0.05, 0.1) is 19.7 Å². The number of benzene rings is 2. The first-order valence-electron chi connectivity index (χ1n) is 8.33. The molecule has 0 radical (unpaired) electrons. The maximum Gasteiger partial charge on any atom is 0.258 e. The number of hydrogen-bond donors (Lipinski definition) is 2. The molecule has 0 saturated heterocycles. The fourth-order valence-corrected chi connectivity index (χ4v) is 2.61. The van der Waals surface area contributed by atoms with Crippen LogP contribution in [0.15, 0.2) is 53.3 Å². The number of H-pyrrole nitrogens is 1. The highest BCUT2D eigenvalue weighted by molar-refractivity contribution is 5.81. The van der Waals surface area contributed by atoms with Crippen LogP contribution in [0.25, 0.3) is 10.9 Å². The van der Waals surface area contributed by atoms with Crippen molar-refractivity contribution in [1.82, 2.24) is 10.3 Å². The smallest absolute Gasteiger partial charge is 0.258 e. The molecule has 0 saturated carbocycles. The van der Waals surface area contributed by atoms with Crippen LogP contribution in [0.1, 0.15) is 5.56 Å². The first kappa shape index (κ1) is 18.3. The summed E-state index contributed by atoms with van der Waals surface area (Å²) in [6.45, 7) is -0.0749. The lowest BCUT2D eigenvalue weighted by Crippen LogP contribution is -2.30. The molecule has 0 fully saturated rings. The highest BCUT2D eigenvalue weighted by Gasteiger charge is 2.09. The minimum Gasteiger partial charge on any atom is -0.497 e. The van der Waals surface area contributed by atoms with E-state index in [0.29, 0.717) is 28.3 Å². The first-order chi connectivity index (χ1) is 13.1. The summed E-state index contributed by atoms with van der Waals surface area (Å²) in [7, 11) is 3.10. The summed E-state index contributed by atoms with van der Waals surface area (Å²) in [6, 6.07) is 14.2. The number of methoxy groups -OCH3 is 2. The van der Waals surface area contributed by atoms with E-state index in [-0.39, 0.29) is 24.6 Å². The molecule has 0 aliphatic rings. The number of rotatable bonds is 7. The standard InChI is InChI=1S/C20H20N2O5/c1-25-15-8-7-13-9-14(20(24)22-16(13)10-15)11-21-19(23)12-27-18-6-4-3-5-17(18)26-2/h3-10H,11-12H2,1-2H3,(H,21,23)(H,22,24). The molecule has 27 heavy (non-hydrogen) atoms. The van der Waals surface area contributed by atoms with Gasteiger partial charge >= 0.3 is 0 Å². The van der Waals surface area contributed by atoms with Gasteiger partial charge in [-0.3, -0.25) is 9.59 Å². The minimum absolute atomic E-state index is 0.103. The fourth-order valence-electron chi connectivity index (χ4n) is 2.61. The molecular formula is C20H20N2O5. The van der Waals surface area contributed by atoms with E-state index in [1.807, 2.05) is 18.2 Å². The Hall–Kier alpha value is -3.48. The van der Waals surface area contributed by atoms with Gasteiger partial charge in [-0.1, -0.05) is 12.1 Å². The lowest BCUT2D eigenvalue weighted by molar-refractivity contribution is -0.123. The Balaban J connectivity index is 1.63. The number of pyridine rings is 1. The number of carbonyl (C=O) groups excluding carboxylic acids is 1. The van der Waals surface area contributed by atoms with Gasteiger partial charge in [0.2, 0.25) is 0 Å². The molecule has 0 atom stereocenters. The van der Waals surface area contributed by atoms with Crippen LogP contribution in [0.4, 0.5) is 0 Å². The van der Waals surface area contributed by atoms with Crippen molar-refractivity contribution in [2.24, 2.45) is 0 Å². The van der Waals surface area contributed by atoms with Crippen LogP contribution in [0.3, 0.4) is 0 Å². The second-order valence-electron chi connectivity index (χ2n) is 5.79. The zero-order chi connectivity index (χ0) is 19.2. The van der Waals surface area contributed by atoms with Gasteiger partial charge in [-0.05, 0) is 35.7 Å². The number of nitrogens with one attached hydrogen (secondary N) is 2. The van der Waals surface area contributed by atoms with Crippen LogP contribution in [0.2, 0.25) is 0 Å². The number of aromatic nitrogens is 1. The average molecular weight is 368 g/mol. The van der Waals surface area contributed by atoms with Crippen LogP contribution in [0.5, 0.6) is 17.2 Å². The molecule has 7 heteroatoms. The minimum atomic E-state index is -0.338. The Morgan fingerprint density at radius 1 is 1.04 bits per heavy atom. The first-order valence-corrected chi connectivity index (χ1v) is 8.33. The largest absolute Gasteiger partial charge is 0.497 e. The van der Waals surface area contributed by atoms with Crippen molar-refractivity contribution in [2.75, 3.05) is 20.8 Å². The van der Waals surface area contributed by atoms with Crippen molar-refractivity contribution in [3.05, 3.63) is 64.4 Å². The van der Waals surface area contributed by atoms with Gasteiger partial charge < -0.3 is 24.5 Å². The summed E-state index contributed by atoms with van der Waals surface area (Å²) in [5, 5.41) is 3.54. The number of aromatic amines is 1. The lowest BCUT2D eigenvalue weighted by Gasteiger charge is -2.10. The van der Waals surface area contributed by atoms with E-state index >= 15 is 0 Å². The predicted molar refractivity (Wildman–Crippen MR) is 101 cm³/mol. The van der Waals surface area contributed by atoms with E-state index in [1.54, 1.807) is 37.4 Å². The van der Waals surface area contributed by atoms with Crippen molar-refractivity contribution < 1.29 is 19.0 Å². The molecule has 3 rings (SSSR count). The van der Waals surface area contributed by atoms with Crippen LogP contribution in [0, 0.1) is 0 Å². The molecule has 2 N–H and O–H groups in total. The molecule has 0 unspecified atom stereocenters. The Morgan fingerprint density at radius 3 is 2.56 bits per heavy atom. The van der Waals surface area contributed by atoms with Gasteiger partial charge in [0.25, 0.3) is 11.5 Å². The van der Waals surface area contributed by atoms with E-state index in [4.69, 9.17) is 14.2 Å². The fraction of sp³-hybridized carbons (Fsp3) is 0.200. The zero-order valence-electron chi connectivity index (χ0n) is 15.1. The van der Waals surface area contributed by atoms with Gasteiger partial charge in [-0.2, -0.15) is 0 Å². The number of ether oxygens (including phenoxy) is 3. The maximum atomic E-state index is 12.2. The molecule has 1 aromatic heterocycles. The topological polar surface area (TPSA) is 89.7 Å². The zero-order valence-corrected chi connectivity index (χ0v) is 15.1. The summed E-state index contributed by atoms with van der Waals surface area (Å²) in [5.41, 5.74) is 0.869. The Labute approximate surface area is 155 Å². The molecule has 0 bridgehead atoms. The Morgan fingerprint density at radius 2 is 1.81 bits per heavy atom. The summed E-state index contributed by atoms with van der Waals surface area (Å²) in [6.07, 6.45) is 0. The van der Waals surface area contributed by atoms with Gasteiger partial charge in [0, 0.05) is 18.2 Å². The van der Waals surface area contributed by atoms with Crippen molar-refractivity contribution in [3.63, 3.8) is 0 Å². The number of hydrogen-bond acceptors (Lipinski definition) is 5. The summed E-state index contributed by atoms with van der Waals surface area (Å²) in [5.74, 6) is 1.35. The summed E-state index contributed by atoms with van der Waals surface area (Å²) < 4.78 is 15.8. The number of para-hydroxylation sites is 2. The van der Waals surface area contributed by atoms with Gasteiger partial charge in [-0.25, -0.2) is 0 Å². The second kappa shape index (κ2) is 8.27. The monoisotopic (exact) mass is 368 g/mol. The van der Waals surface area contributed by atoms with E-state index in [1.165, 1.54) is 7.11 Å². The highest BCUT2D eigenvalue weighted by atomic mass is 16.5. The maximum absolute atomic E-state index is 12.2. The van der Waals surface area contributed by atoms with E-state index < -0.39 is 0 Å². The lowest BCUT2D eigenvalue weighted by atomic mass is 10.1. The van der Waals surface area contributed by atoms with Crippen molar-refractivity contribution >= 4 is 16.8 Å². The Kier molecular flexibility index (Phi) is 5.61. The SMILES string of the molecule is COc1ccc2cc(CNC(=O)COc3ccccc3OC)c(=O)[nH]c2c1. The normalized spacial score (nSPS) is 10.4. The number of carbonyl (C=O) groups is 1. The predicted octanol–water partition coefficient (Wildman–Crippen LogP) is 2.24. The molecular weight excluding hydrogens is 348 g/mol. The third-order valence-corrected chi connectivity index (χ3v) is 4.03. The van der Waals surface area contributed by atoms with E-state index in [9.17, 15) is 9.59 Å². The quantitative estimate of drug-likeness (QED) is 0.668. The molecule has 140 valence electrons. The second-order valence-corrected chi connectivity index (χ2v) is 5.79. The van der Waals surface area contributed by atoms with Gasteiger partial charge in [-0.15, -0.1) is 0 Å². The molecule has 0 spiro atoms. The number of fused-ring (bicyclic) bond motifs is 1. The van der Waals surface area contributed by atoms with Crippen LogP contribution in [-0.4, -0.2) is 31.7 Å². The van der Waals surface area contributed by atoms with Crippen LogP contribution >= 0.6 is 0 Å². The average Bonchev–Trinajstić information content (AvgIpc) is 2.70.